The topological polar surface area (TPSA) is 43.4 Å². The van der Waals surface area contributed by atoms with Crippen LogP contribution in [0.2, 0.25) is 0 Å². The first-order chi connectivity index (χ1) is 9.53. The molecule has 2 aromatic carbocycles. The number of aryl methyl sites for hydroxylation is 1. The maximum absolute atomic E-state index is 12.4. The number of benzene rings is 2. The van der Waals surface area contributed by atoms with E-state index >= 15 is 0 Å². The lowest BCUT2D eigenvalue weighted by molar-refractivity contribution is 0.402. The van der Waals surface area contributed by atoms with Crippen LogP contribution in [0.1, 0.15) is 5.56 Å². The second-order valence-electron chi connectivity index (χ2n) is 4.35. The van der Waals surface area contributed by atoms with Crippen LogP contribution in [0.15, 0.2) is 57.9 Å². The highest BCUT2D eigenvalue weighted by Gasteiger charge is 2.19. The van der Waals surface area contributed by atoms with E-state index in [4.69, 9.17) is 4.74 Å². The normalized spacial score (nSPS) is 11.3. The molecule has 0 N–H and O–H groups in total. The van der Waals surface area contributed by atoms with Crippen molar-refractivity contribution in [1.82, 2.24) is 0 Å². The van der Waals surface area contributed by atoms with E-state index in [0.29, 0.717) is 12.2 Å². The summed E-state index contributed by atoms with van der Waals surface area (Å²) < 4.78 is 30.7. The molecule has 0 unspecified atom stereocenters. The molecule has 0 bridgehead atoms. The van der Waals surface area contributed by atoms with E-state index in [1.165, 1.54) is 7.11 Å². The summed E-state index contributed by atoms with van der Waals surface area (Å²) in [6.45, 7) is 0. The minimum atomic E-state index is -3.38. The van der Waals surface area contributed by atoms with Gasteiger partial charge in [-0.05, 0) is 30.2 Å². The molecule has 0 aromatic heterocycles. The molecule has 20 heavy (non-hydrogen) atoms. The van der Waals surface area contributed by atoms with Gasteiger partial charge in [-0.25, -0.2) is 8.42 Å². The summed E-state index contributed by atoms with van der Waals surface area (Å²) in [7, 11) is -1.91. The minimum Gasteiger partial charge on any atom is -0.495 e. The van der Waals surface area contributed by atoms with Gasteiger partial charge in [0.05, 0.1) is 12.9 Å². The van der Waals surface area contributed by atoms with Crippen LogP contribution in [0.3, 0.4) is 0 Å². The Bertz CT molecular complexity index is 682. The number of methoxy groups -OCH3 is 1. The molecule has 2 rings (SSSR count). The molecule has 2 aromatic rings. The van der Waals surface area contributed by atoms with Gasteiger partial charge in [-0.1, -0.05) is 46.3 Å². The van der Waals surface area contributed by atoms with Crippen LogP contribution in [-0.2, 0) is 16.3 Å². The van der Waals surface area contributed by atoms with Gasteiger partial charge in [0, 0.05) is 4.47 Å². The Morgan fingerprint density at radius 1 is 1.10 bits per heavy atom. The second kappa shape index (κ2) is 6.41. The lowest BCUT2D eigenvalue weighted by Crippen LogP contribution is -2.10. The van der Waals surface area contributed by atoms with Gasteiger partial charge in [-0.3, -0.25) is 0 Å². The predicted octanol–water partition coefficient (Wildman–Crippen LogP) is 3.47. The molecule has 0 fully saturated rings. The molecule has 106 valence electrons. The SMILES string of the molecule is COc1ccc(Br)cc1S(=O)(=O)CCc1ccccc1. The van der Waals surface area contributed by atoms with Gasteiger partial charge < -0.3 is 4.74 Å². The first-order valence-electron chi connectivity index (χ1n) is 6.13. The van der Waals surface area contributed by atoms with Crippen molar-refractivity contribution in [2.24, 2.45) is 0 Å². The third-order valence-electron chi connectivity index (χ3n) is 2.96. The van der Waals surface area contributed by atoms with Gasteiger partial charge in [-0.2, -0.15) is 0 Å². The summed E-state index contributed by atoms with van der Waals surface area (Å²) in [5.41, 5.74) is 1.00. The summed E-state index contributed by atoms with van der Waals surface area (Å²) in [6, 6.07) is 14.6. The lowest BCUT2D eigenvalue weighted by Gasteiger charge is -2.10. The molecule has 5 heteroatoms. The number of halogens is 1. The van der Waals surface area contributed by atoms with Crippen LogP contribution in [0.25, 0.3) is 0 Å². The molecule has 0 saturated carbocycles. The van der Waals surface area contributed by atoms with Crippen molar-refractivity contribution in [3.63, 3.8) is 0 Å². The fraction of sp³-hybridized carbons (Fsp3) is 0.200. The summed E-state index contributed by atoms with van der Waals surface area (Å²) >= 11 is 3.29. The zero-order valence-electron chi connectivity index (χ0n) is 11.0. The average molecular weight is 355 g/mol. The third-order valence-corrected chi connectivity index (χ3v) is 5.19. The summed E-state index contributed by atoms with van der Waals surface area (Å²) in [5, 5.41) is 0. The average Bonchev–Trinajstić information content (AvgIpc) is 2.46. The predicted molar refractivity (Wildman–Crippen MR) is 82.9 cm³/mol. The van der Waals surface area contributed by atoms with Crippen LogP contribution < -0.4 is 4.74 Å². The number of rotatable bonds is 5. The van der Waals surface area contributed by atoms with E-state index in [0.717, 1.165) is 10.0 Å². The van der Waals surface area contributed by atoms with Crippen LogP contribution >= 0.6 is 15.9 Å². The fourth-order valence-electron chi connectivity index (χ4n) is 1.90. The minimum absolute atomic E-state index is 0.0594. The Hall–Kier alpha value is -1.33. The van der Waals surface area contributed by atoms with E-state index in [-0.39, 0.29) is 10.6 Å². The van der Waals surface area contributed by atoms with Crippen LogP contribution in [0.4, 0.5) is 0 Å². The van der Waals surface area contributed by atoms with Gasteiger partial charge in [0.25, 0.3) is 0 Å². The number of hydrogen-bond donors (Lipinski definition) is 0. The maximum Gasteiger partial charge on any atom is 0.182 e. The lowest BCUT2D eigenvalue weighted by atomic mass is 10.2. The first kappa shape index (κ1) is 15.1. The Morgan fingerprint density at radius 3 is 2.45 bits per heavy atom. The molecule has 0 radical (unpaired) electrons. The van der Waals surface area contributed by atoms with Crippen LogP contribution in [0.5, 0.6) is 5.75 Å². The smallest absolute Gasteiger partial charge is 0.182 e. The molecule has 0 heterocycles. The molecule has 0 aliphatic carbocycles. The van der Waals surface area contributed by atoms with Crippen molar-refractivity contribution in [3.8, 4) is 5.75 Å². The zero-order valence-corrected chi connectivity index (χ0v) is 13.4. The summed E-state index contributed by atoms with van der Waals surface area (Å²) in [6.07, 6.45) is 0.485. The number of hydrogen-bond acceptors (Lipinski definition) is 3. The van der Waals surface area contributed by atoms with Crippen molar-refractivity contribution in [3.05, 3.63) is 58.6 Å². The van der Waals surface area contributed by atoms with E-state index in [1.54, 1.807) is 18.2 Å². The van der Waals surface area contributed by atoms with Gasteiger partial charge in [0.1, 0.15) is 10.6 Å². The Kier molecular flexibility index (Phi) is 4.83. The van der Waals surface area contributed by atoms with E-state index in [2.05, 4.69) is 15.9 Å². The highest BCUT2D eigenvalue weighted by molar-refractivity contribution is 9.10. The van der Waals surface area contributed by atoms with E-state index in [9.17, 15) is 8.42 Å². The van der Waals surface area contributed by atoms with Crippen LogP contribution in [-0.4, -0.2) is 21.3 Å². The summed E-state index contributed by atoms with van der Waals surface area (Å²) in [4.78, 5) is 0.227. The zero-order chi connectivity index (χ0) is 14.6. The van der Waals surface area contributed by atoms with Crippen molar-refractivity contribution in [2.45, 2.75) is 11.3 Å². The molecule has 3 nitrogen and oxygen atoms in total. The molecule has 0 spiro atoms. The Morgan fingerprint density at radius 2 is 1.80 bits per heavy atom. The van der Waals surface area contributed by atoms with E-state index < -0.39 is 9.84 Å². The van der Waals surface area contributed by atoms with Gasteiger partial charge >= 0.3 is 0 Å². The molecule has 0 aliphatic heterocycles. The number of ether oxygens (including phenoxy) is 1. The molecular formula is C15H15BrO3S. The quantitative estimate of drug-likeness (QED) is 0.825. The van der Waals surface area contributed by atoms with Crippen molar-refractivity contribution in [2.75, 3.05) is 12.9 Å². The van der Waals surface area contributed by atoms with Crippen molar-refractivity contribution >= 4 is 25.8 Å². The third kappa shape index (κ3) is 3.61. The van der Waals surface area contributed by atoms with Gasteiger partial charge in [-0.15, -0.1) is 0 Å². The highest BCUT2D eigenvalue weighted by atomic mass is 79.9. The Labute approximate surface area is 127 Å². The highest BCUT2D eigenvalue weighted by Crippen LogP contribution is 2.28. The maximum atomic E-state index is 12.4. The molecule has 0 atom stereocenters. The number of sulfone groups is 1. The van der Waals surface area contributed by atoms with Crippen LogP contribution in [0, 0.1) is 0 Å². The molecule has 0 saturated heterocycles. The first-order valence-corrected chi connectivity index (χ1v) is 8.58. The second-order valence-corrected chi connectivity index (χ2v) is 7.34. The fourth-order valence-corrected chi connectivity index (χ4v) is 3.90. The van der Waals surface area contributed by atoms with Crippen molar-refractivity contribution in [1.29, 1.82) is 0 Å². The Balaban J connectivity index is 2.24. The van der Waals surface area contributed by atoms with Crippen molar-refractivity contribution < 1.29 is 13.2 Å². The van der Waals surface area contributed by atoms with Gasteiger partial charge in [0.15, 0.2) is 9.84 Å². The largest absolute Gasteiger partial charge is 0.495 e. The van der Waals surface area contributed by atoms with Gasteiger partial charge in [0.2, 0.25) is 0 Å². The standard InChI is InChI=1S/C15H15BrO3S/c1-19-14-8-7-13(16)11-15(14)20(17,18)10-9-12-5-3-2-4-6-12/h2-8,11H,9-10H2,1H3. The monoisotopic (exact) mass is 354 g/mol. The molecular weight excluding hydrogens is 340 g/mol. The molecule has 0 aliphatic rings. The summed E-state index contributed by atoms with van der Waals surface area (Å²) in [5.74, 6) is 0.436. The molecule has 0 amide bonds. The van der Waals surface area contributed by atoms with E-state index in [1.807, 2.05) is 30.3 Å².